The fourth-order valence-corrected chi connectivity index (χ4v) is 3.92. The van der Waals surface area contributed by atoms with E-state index in [0.29, 0.717) is 11.3 Å². The van der Waals surface area contributed by atoms with E-state index in [4.69, 9.17) is 4.74 Å². The van der Waals surface area contributed by atoms with Gasteiger partial charge in [-0.15, -0.1) is 0 Å². The van der Waals surface area contributed by atoms with Crippen LogP contribution in [0.5, 0.6) is 5.75 Å². The Morgan fingerprint density at radius 2 is 1.97 bits per heavy atom. The standard InChI is InChI=1S/C25H27F3N4O2/c1-15(2)10-21(33)17-11-18(25(26,27)28)13-19(12-17)31-24-30-14-16-4-3-5-22(23(16)32-24)34-20-6-8-29-9-7-20/h3-5,11-15,20,29H,6-10H2,1-2H3,(H,30,31,32). The Hall–Kier alpha value is -3.20. The second kappa shape index (κ2) is 9.97. The molecule has 2 aromatic carbocycles. The molecule has 1 aromatic heterocycles. The molecule has 0 saturated carbocycles. The molecule has 4 rings (SSSR count). The molecule has 2 heterocycles. The number of piperidine rings is 1. The van der Waals surface area contributed by atoms with Gasteiger partial charge in [0.05, 0.1) is 5.56 Å². The van der Waals surface area contributed by atoms with Crippen molar-refractivity contribution < 1.29 is 22.7 Å². The lowest BCUT2D eigenvalue weighted by atomic mass is 9.99. The number of anilines is 2. The molecule has 2 N–H and O–H groups in total. The Kier molecular flexibility index (Phi) is 7.02. The van der Waals surface area contributed by atoms with Crippen molar-refractivity contribution in [2.24, 2.45) is 5.92 Å². The van der Waals surface area contributed by atoms with Crippen molar-refractivity contribution in [3.8, 4) is 5.75 Å². The molecule has 1 saturated heterocycles. The number of benzene rings is 2. The van der Waals surface area contributed by atoms with Crippen LogP contribution < -0.4 is 15.4 Å². The minimum absolute atomic E-state index is 0.00162. The van der Waals surface area contributed by atoms with Crippen molar-refractivity contribution in [3.63, 3.8) is 0 Å². The minimum atomic E-state index is -4.59. The molecule has 9 heteroatoms. The Bertz CT molecular complexity index is 1170. The van der Waals surface area contributed by atoms with Crippen LogP contribution in [0, 0.1) is 5.92 Å². The summed E-state index contributed by atoms with van der Waals surface area (Å²) in [5.41, 5.74) is -0.235. The molecule has 34 heavy (non-hydrogen) atoms. The largest absolute Gasteiger partial charge is 0.488 e. The van der Waals surface area contributed by atoms with Crippen LogP contribution in [0.4, 0.5) is 24.8 Å². The number of ether oxygens (including phenoxy) is 1. The summed E-state index contributed by atoms with van der Waals surface area (Å²) in [6.07, 6.45) is -1.02. The first kappa shape index (κ1) is 23.9. The predicted molar refractivity (Wildman–Crippen MR) is 125 cm³/mol. The molecule has 0 spiro atoms. The van der Waals surface area contributed by atoms with E-state index in [2.05, 4.69) is 20.6 Å². The summed E-state index contributed by atoms with van der Waals surface area (Å²) < 4.78 is 46.7. The van der Waals surface area contributed by atoms with Crippen molar-refractivity contribution in [1.29, 1.82) is 0 Å². The van der Waals surface area contributed by atoms with Crippen LogP contribution in [0.15, 0.2) is 42.6 Å². The molecule has 0 aliphatic carbocycles. The molecule has 0 amide bonds. The van der Waals surface area contributed by atoms with Gasteiger partial charge in [0.15, 0.2) is 5.78 Å². The molecule has 180 valence electrons. The van der Waals surface area contributed by atoms with Gasteiger partial charge in [-0.3, -0.25) is 4.79 Å². The van der Waals surface area contributed by atoms with Crippen LogP contribution in [0.25, 0.3) is 10.9 Å². The summed E-state index contributed by atoms with van der Waals surface area (Å²) in [4.78, 5) is 21.3. The van der Waals surface area contributed by atoms with E-state index < -0.39 is 11.7 Å². The zero-order valence-electron chi connectivity index (χ0n) is 19.1. The number of carbonyl (C=O) groups is 1. The summed E-state index contributed by atoms with van der Waals surface area (Å²) in [5, 5.41) is 6.90. The third kappa shape index (κ3) is 5.83. The molecule has 1 fully saturated rings. The van der Waals surface area contributed by atoms with E-state index in [-0.39, 0.29) is 41.4 Å². The van der Waals surface area contributed by atoms with Gasteiger partial charge in [-0.1, -0.05) is 26.0 Å². The van der Waals surface area contributed by atoms with Crippen LogP contribution >= 0.6 is 0 Å². The summed E-state index contributed by atoms with van der Waals surface area (Å²) in [6.45, 7) is 5.45. The molecule has 1 aliphatic rings. The second-order valence-corrected chi connectivity index (χ2v) is 8.90. The Labute approximate surface area is 195 Å². The van der Waals surface area contributed by atoms with E-state index in [0.717, 1.165) is 43.5 Å². The number of hydrogen-bond acceptors (Lipinski definition) is 6. The number of rotatable bonds is 7. The van der Waals surface area contributed by atoms with Gasteiger partial charge in [-0.2, -0.15) is 13.2 Å². The highest BCUT2D eigenvalue weighted by Gasteiger charge is 2.32. The number of carbonyl (C=O) groups excluding carboxylic acids is 1. The van der Waals surface area contributed by atoms with Gasteiger partial charge in [0.1, 0.15) is 17.4 Å². The average Bonchev–Trinajstić information content (AvgIpc) is 2.79. The highest BCUT2D eigenvalue weighted by atomic mass is 19.4. The number of halogens is 3. The van der Waals surface area contributed by atoms with E-state index in [1.165, 1.54) is 6.07 Å². The Morgan fingerprint density at radius 1 is 1.21 bits per heavy atom. The first-order valence-corrected chi connectivity index (χ1v) is 11.3. The topological polar surface area (TPSA) is 76.1 Å². The number of nitrogens with zero attached hydrogens (tertiary/aromatic N) is 2. The van der Waals surface area contributed by atoms with Gasteiger partial charge >= 0.3 is 6.18 Å². The molecule has 0 bridgehead atoms. The molecule has 3 aromatic rings. The van der Waals surface area contributed by atoms with Gasteiger partial charge in [0.25, 0.3) is 0 Å². The third-order valence-electron chi connectivity index (χ3n) is 5.59. The molecular formula is C25H27F3N4O2. The SMILES string of the molecule is CC(C)CC(=O)c1cc(Nc2ncc3cccc(OC4CCNCC4)c3n2)cc(C(F)(F)F)c1. The quantitative estimate of drug-likeness (QED) is 0.427. The van der Waals surface area contributed by atoms with Crippen molar-refractivity contribution in [1.82, 2.24) is 15.3 Å². The van der Waals surface area contributed by atoms with Crippen LogP contribution in [-0.2, 0) is 6.18 Å². The fourth-order valence-electron chi connectivity index (χ4n) is 3.92. The second-order valence-electron chi connectivity index (χ2n) is 8.90. The van der Waals surface area contributed by atoms with E-state index in [9.17, 15) is 18.0 Å². The van der Waals surface area contributed by atoms with Crippen molar-refractivity contribution in [3.05, 3.63) is 53.7 Å². The maximum absolute atomic E-state index is 13.5. The lowest BCUT2D eigenvalue weighted by Gasteiger charge is -2.24. The van der Waals surface area contributed by atoms with E-state index in [1.54, 1.807) is 6.20 Å². The zero-order valence-corrected chi connectivity index (χ0v) is 19.1. The maximum Gasteiger partial charge on any atom is 0.416 e. The highest BCUT2D eigenvalue weighted by Crippen LogP contribution is 2.33. The summed E-state index contributed by atoms with van der Waals surface area (Å²) in [6, 6.07) is 8.79. The van der Waals surface area contributed by atoms with Crippen LogP contribution in [0.3, 0.4) is 0 Å². The van der Waals surface area contributed by atoms with Gasteiger partial charge in [0.2, 0.25) is 5.95 Å². The monoisotopic (exact) mass is 472 g/mol. The summed E-state index contributed by atoms with van der Waals surface area (Å²) in [7, 11) is 0. The first-order valence-electron chi connectivity index (χ1n) is 11.3. The van der Waals surface area contributed by atoms with E-state index >= 15 is 0 Å². The third-order valence-corrected chi connectivity index (χ3v) is 5.59. The van der Waals surface area contributed by atoms with Crippen LogP contribution in [0.1, 0.15) is 49.0 Å². The first-order chi connectivity index (χ1) is 16.2. The Morgan fingerprint density at radius 3 is 2.68 bits per heavy atom. The number of aromatic nitrogens is 2. The summed E-state index contributed by atoms with van der Waals surface area (Å²) in [5.74, 6) is 0.406. The van der Waals surface area contributed by atoms with Crippen LogP contribution in [0.2, 0.25) is 0 Å². The number of nitrogens with one attached hydrogen (secondary N) is 2. The minimum Gasteiger partial charge on any atom is -0.488 e. The zero-order chi connectivity index (χ0) is 24.3. The maximum atomic E-state index is 13.5. The molecule has 0 unspecified atom stereocenters. The molecule has 6 nitrogen and oxygen atoms in total. The van der Waals surface area contributed by atoms with Gasteiger partial charge in [-0.25, -0.2) is 9.97 Å². The Balaban J connectivity index is 1.65. The highest BCUT2D eigenvalue weighted by molar-refractivity contribution is 5.97. The van der Waals surface area contributed by atoms with Crippen LogP contribution in [-0.4, -0.2) is 34.9 Å². The lowest BCUT2D eigenvalue weighted by Crippen LogP contribution is -2.34. The number of para-hydroxylation sites is 1. The smallest absolute Gasteiger partial charge is 0.416 e. The van der Waals surface area contributed by atoms with Gasteiger partial charge in [0, 0.05) is 29.3 Å². The van der Waals surface area contributed by atoms with Gasteiger partial charge < -0.3 is 15.4 Å². The number of Topliss-reactive ketones (excluding diaryl/α,β-unsaturated/α-hetero) is 1. The number of hydrogen-bond donors (Lipinski definition) is 2. The molecular weight excluding hydrogens is 445 g/mol. The lowest BCUT2D eigenvalue weighted by molar-refractivity contribution is -0.137. The fraction of sp³-hybridized carbons (Fsp3) is 0.400. The average molecular weight is 473 g/mol. The molecule has 0 atom stereocenters. The predicted octanol–water partition coefficient (Wildman–Crippen LogP) is 5.75. The summed E-state index contributed by atoms with van der Waals surface area (Å²) >= 11 is 0. The molecule has 0 radical (unpaired) electrons. The normalized spacial score (nSPS) is 15.0. The van der Waals surface area contributed by atoms with E-state index in [1.807, 2.05) is 32.0 Å². The van der Waals surface area contributed by atoms with Crippen molar-refractivity contribution in [2.75, 3.05) is 18.4 Å². The number of fused-ring (bicyclic) bond motifs is 1. The number of ketones is 1. The van der Waals surface area contributed by atoms with Crippen molar-refractivity contribution in [2.45, 2.75) is 45.4 Å². The molecule has 1 aliphatic heterocycles. The van der Waals surface area contributed by atoms with Gasteiger partial charge in [-0.05, 0) is 56.1 Å². The number of alkyl halides is 3. The van der Waals surface area contributed by atoms with Crippen molar-refractivity contribution >= 4 is 28.3 Å².